The van der Waals surface area contributed by atoms with E-state index in [1.807, 2.05) is 37.3 Å². The Morgan fingerprint density at radius 1 is 0.882 bits per heavy atom. The van der Waals surface area contributed by atoms with Crippen molar-refractivity contribution in [1.82, 2.24) is 10.2 Å². The molecule has 0 aliphatic carbocycles. The summed E-state index contributed by atoms with van der Waals surface area (Å²) in [5.74, 6) is -0.822. The number of hydrogen-bond donors (Lipinski definition) is 1. The molecule has 1 N–H and O–H groups in total. The molecule has 0 aromatic heterocycles. The maximum Gasteiger partial charge on any atom is 0.264 e. The zero-order chi connectivity index (χ0) is 24.7. The van der Waals surface area contributed by atoms with E-state index in [9.17, 15) is 18.0 Å². The van der Waals surface area contributed by atoms with Gasteiger partial charge in [0.2, 0.25) is 11.8 Å². The Bertz CT molecular complexity index is 1210. The number of carbonyl (C=O) groups excluding carboxylic acids is 2. The fraction of sp³-hybridized carbons (Fsp3) is 0.231. The van der Waals surface area contributed by atoms with Crippen LogP contribution in [0.3, 0.4) is 0 Å². The van der Waals surface area contributed by atoms with Gasteiger partial charge in [-0.15, -0.1) is 0 Å². The summed E-state index contributed by atoms with van der Waals surface area (Å²) in [5, 5.41) is 2.57. The molecular weight excluding hydrogens is 450 g/mol. The predicted molar refractivity (Wildman–Crippen MR) is 133 cm³/mol. The number of anilines is 1. The molecule has 0 bridgehead atoms. The van der Waals surface area contributed by atoms with Crippen LogP contribution in [-0.4, -0.2) is 44.8 Å². The molecule has 0 saturated carbocycles. The molecule has 3 aromatic carbocycles. The molecule has 178 valence electrons. The smallest absolute Gasteiger partial charge is 0.264 e. The highest BCUT2D eigenvalue weighted by Crippen LogP contribution is 2.25. The number of amides is 2. The molecule has 34 heavy (non-hydrogen) atoms. The molecule has 0 radical (unpaired) electrons. The molecule has 0 spiro atoms. The maximum atomic E-state index is 13.6. The summed E-state index contributed by atoms with van der Waals surface area (Å²) in [6.07, 6.45) is 0. The van der Waals surface area contributed by atoms with Crippen molar-refractivity contribution in [2.45, 2.75) is 31.3 Å². The molecule has 3 aromatic rings. The molecule has 2 amide bonds. The van der Waals surface area contributed by atoms with Gasteiger partial charge < -0.3 is 10.2 Å². The summed E-state index contributed by atoms with van der Waals surface area (Å²) < 4.78 is 28.2. The summed E-state index contributed by atoms with van der Waals surface area (Å²) in [4.78, 5) is 27.5. The molecule has 0 saturated heterocycles. The van der Waals surface area contributed by atoms with Crippen molar-refractivity contribution in [3.63, 3.8) is 0 Å². The lowest BCUT2D eigenvalue weighted by atomic mass is 10.1. The van der Waals surface area contributed by atoms with E-state index in [2.05, 4.69) is 5.32 Å². The summed E-state index contributed by atoms with van der Waals surface area (Å²) >= 11 is 0. The first-order valence-corrected chi connectivity index (χ1v) is 12.4. The van der Waals surface area contributed by atoms with Gasteiger partial charge in [0.1, 0.15) is 12.6 Å². The lowest BCUT2D eigenvalue weighted by Crippen LogP contribution is -2.50. The van der Waals surface area contributed by atoms with Crippen molar-refractivity contribution in [1.29, 1.82) is 0 Å². The quantitative estimate of drug-likeness (QED) is 0.510. The van der Waals surface area contributed by atoms with E-state index >= 15 is 0 Å². The summed E-state index contributed by atoms with van der Waals surface area (Å²) in [5.41, 5.74) is 2.17. The first kappa shape index (κ1) is 25.0. The Morgan fingerprint density at radius 3 is 2.00 bits per heavy atom. The van der Waals surface area contributed by atoms with Crippen LogP contribution in [0.5, 0.6) is 0 Å². The highest BCUT2D eigenvalue weighted by atomic mass is 32.2. The van der Waals surface area contributed by atoms with E-state index in [1.54, 1.807) is 49.4 Å². The number of carbonyl (C=O) groups is 2. The summed E-state index contributed by atoms with van der Waals surface area (Å²) in [6, 6.07) is 23.4. The minimum Gasteiger partial charge on any atom is -0.357 e. The predicted octanol–water partition coefficient (Wildman–Crippen LogP) is 3.35. The second-order valence-electron chi connectivity index (χ2n) is 7.96. The van der Waals surface area contributed by atoms with Crippen LogP contribution < -0.4 is 9.62 Å². The third-order valence-corrected chi connectivity index (χ3v) is 7.33. The van der Waals surface area contributed by atoms with Gasteiger partial charge in [0.15, 0.2) is 0 Å². The van der Waals surface area contributed by atoms with Crippen molar-refractivity contribution >= 4 is 27.5 Å². The third-order valence-electron chi connectivity index (χ3n) is 5.54. The van der Waals surface area contributed by atoms with E-state index in [0.29, 0.717) is 5.69 Å². The first-order chi connectivity index (χ1) is 16.2. The number of nitrogens with zero attached hydrogens (tertiary/aromatic N) is 2. The van der Waals surface area contributed by atoms with Gasteiger partial charge in [-0.25, -0.2) is 8.42 Å². The van der Waals surface area contributed by atoms with Crippen molar-refractivity contribution in [2.75, 3.05) is 17.9 Å². The Balaban J connectivity index is 2.00. The lowest BCUT2D eigenvalue weighted by molar-refractivity contribution is -0.139. The van der Waals surface area contributed by atoms with Crippen LogP contribution in [0.4, 0.5) is 5.69 Å². The SMILES string of the molecule is CNC(=O)[C@@H](C)N(Cc1ccccc1)C(=O)CN(c1ccc(C)cc1)S(=O)(=O)c1ccccc1. The number of benzene rings is 3. The minimum atomic E-state index is -4.03. The fourth-order valence-electron chi connectivity index (χ4n) is 3.53. The van der Waals surface area contributed by atoms with E-state index in [4.69, 9.17) is 0 Å². The molecule has 8 heteroatoms. The highest BCUT2D eigenvalue weighted by molar-refractivity contribution is 7.92. The van der Waals surface area contributed by atoms with E-state index < -0.39 is 28.5 Å². The number of hydrogen-bond acceptors (Lipinski definition) is 4. The van der Waals surface area contributed by atoms with E-state index in [0.717, 1.165) is 15.4 Å². The van der Waals surface area contributed by atoms with Gasteiger partial charge in [0.25, 0.3) is 10.0 Å². The average molecular weight is 480 g/mol. The Hall–Kier alpha value is -3.65. The lowest BCUT2D eigenvalue weighted by Gasteiger charge is -2.31. The van der Waals surface area contributed by atoms with Gasteiger partial charge in [-0.1, -0.05) is 66.2 Å². The van der Waals surface area contributed by atoms with E-state index in [-0.39, 0.29) is 17.3 Å². The van der Waals surface area contributed by atoms with Crippen LogP contribution in [0.15, 0.2) is 89.8 Å². The van der Waals surface area contributed by atoms with Crippen LogP contribution in [-0.2, 0) is 26.2 Å². The largest absolute Gasteiger partial charge is 0.357 e. The van der Waals surface area contributed by atoms with Crippen molar-refractivity contribution in [3.8, 4) is 0 Å². The second-order valence-corrected chi connectivity index (χ2v) is 9.82. The van der Waals surface area contributed by atoms with Crippen molar-refractivity contribution < 1.29 is 18.0 Å². The topological polar surface area (TPSA) is 86.8 Å². The van der Waals surface area contributed by atoms with Gasteiger partial charge in [0.05, 0.1) is 10.6 Å². The van der Waals surface area contributed by atoms with Gasteiger partial charge >= 0.3 is 0 Å². The summed E-state index contributed by atoms with van der Waals surface area (Å²) in [6.45, 7) is 3.25. The monoisotopic (exact) mass is 479 g/mol. The van der Waals surface area contributed by atoms with Gasteiger partial charge in [-0.2, -0.15) is 0 Å². The molecule has 0 aliphatic rings. The second kappa shape index (κ2) is 11.0. The van der Waals surface area contributed by atoms with Gasteiger partial charge in [-0.05, 0) is 43.7 Å². The average Bonchev–Trinajstić information content (AvgIpc) is 2.86. The molecule has 3 rings (SSSR count). The zero-order valence-electron chi connectivity index (χ0n) is 19.5. The molecule has 1 atom stereocenters. The molecular formula is C26H29N3O4S. The van der Waals surface area contributed by atoms with Crippen molar-refractivity contribution in [2.24, 2.45) is 0 Å². The van der Waals surface area contributed by atoms with Crippen molar-refractivity contribution in [3.05, 3.63) is 96.1 Å². The number of likely N-dealkylation sites (N-methyl/N-ethyl adjacent to an activating group) is 1. The maximum absolute atomic E-state index is 13.6. The third kappa shape index (κ3) is 5.82. The minimum absolute atomic E-state index is 0.0809. The number of rotatable bonds is 9. The number of sulfonamides is 1. The van der Waals surface area contributed by atoms with E-state index in [1.165, 1.54) is 24.1 Å². The first-order valence-electron chi connectivity index (χ1n) is 10.9. The zero-order valence-corrected chi connectivity index (χ0v) is 20.3. The Morgan fingerprint density at radius 2 is 1.44 bits per heavy atom. The Kier molecular flexibility index (Phi) is 8.07. The molecule has 0 unspecified atom stereocenters. The number of aryl methyl sites for hydroxylation is 1. The fourth-order valence-corrected chi connectivity index (χ4v) is 4.97. The Labute approximate surface area is 201 Å². The van der Waals surface area contributed by atoms with Gasteiger partial charge in [-0.3, -0.25) is 13.9 Å². The van der Waals surface area contributed by atoms with Crippen LogP contribution in [0.1, 0.15) is 18.1 Å². The molecule has 7 nitrogen and oxygen atoms in total. The molecule has 0 aliphatic heterocycles. The normalized spacial score (nSPS) is 12.0. The van der Waals surface area contributed by atoms with Crippen LogP contribution in [0, 0.1) is 6.92 Å². The van der Waals surface area contributed by atoms with Crippen LogP contribution in [0.25, 0.3) is 0 Å². The number of nitrogens with one attached hydrogen (secondary N) is 1. The molecule has 0 heterocycles. The van der Waals surface area contributed by atoms with Gasteiger partial charge in [0, 0.05) is 13.6 Å². The highest BCUT2D eigenvalue weighted by Gasteiger charge is 2.32. The van der Waals surface area contributed by atoms with Crippen LogP contribution in [0.2, 0.25) is 0 Å². The summed E-state index contributed by atoms with van der Waals surface area (Å²) in [7, 11) is -2.53. The standard InChI is InChI=1S/C26H29N3O4S/c1-20-14-16-23(17-15-20)29(34(32,33)24-12-8-5-9-13-24)19-25(30)28(21(2)26(31)27-3)18-22-10-6-4-7-11-22/h4-17,21H,18-19H2,1-3H3,(H,27,31)/t21-/m1/s1. The molecule has 0 fully saturated rings. The van der Waals surface area contributed by atoms with Crippen LogP contribution >= 0.6 is 0 Å².